The van der Waals surface area contributed by atoms with Gasteiger partial charge in [-0.05, 0) is 50.1 Å². The molecule has 1 fully saturated rings. The predicted molar refractivity (Wildman–Crippen MR) is 99.1 cm³/mol. The lowest BCUT2D eigenvalue weighted by atomic mass is 10.1. The maximum atomic E-state index is 14.0. The molecule has 5 nitrogen and oxygen atoms in total. The number of carbonyl (C=O) groups excluding carboxylic acids is 1. The minimum Gasteiger partial charge on any atom is -0.464 e. The number of furan rings is 1. The van der Waals surface area contributed by atoms with Crippen molar-refractivity contribution < 1.29 is 17.8 Å². The summed E-state index contributed by atoms with van der Waals surface area (Å²) in [6, 6.07) is 7.62. The van der Waals surface area contributed by atoms with Gasteiger partial charge in [-0.15, -0.1) is 0 Å². The third kappa shape index (κ3) is 4.15. The Morgan fingerprint density at radius 2 is 2.08 bits per heavy atom. The van der Waals surface area contributed by atoms with E-state index in [1.54, 1.807) is 11.0 Å². The van der Waals surface area contributed by atoms with Gasteiger partial charge in [0, 0.05) is 18.5 Å². The molecule has 26 heavy (non-hydrogen) atoms. The quantitative estimate of drug-likeness (QED) is 0.848. The number of likely N-dealkylation sites (tertiary alicyclic amines) is 1. The molecule has 1 aliphatic heterocycles. The minimum absolute atomic E-state index is 0.126. The van der Waals surface area contributed by atoms with Crippen molar-refractivity contribution in [3.05, 3.63) is 47.7 Å². The zero-order valence-corrected chi connectivity index (χ0v) is 15.8. The van der Waals surface area contributed by atoms with Crippen LogP contribution in [0.3, 0.4) is 0 Å². The fraction of sp³-hybridized carbons (Fsp3) is 0.421. The van der Waals surface area contributed by atoms with E-state index in [0.717, 1.165) is 37.2 Å². The monoisotopic (exact) mass is 378 g/mol. The summed E-state index contributed by atoms with van der Waals surface area (Å²) < 4.78 is 31.2. The summed E-state index contributed by atoms with van der Waals surface area (Å²) in [5.74, 6) is 1.01. The van der Waals surface area contributed by atoms with Crippen LogP contribution in [0.1, 0.15) is 43.2 Å². The molecule has 0 radical (unpaired) electrons. The van der Waals surface area contributed by atoms with Crippen molar-refractivity contribution in [1.29, 1.82) is 0 Å². The van der Waals surface area contributed by atoms with E-state index in [0.29, 0.717) is 12.2 Å². The van der Waals surface area contributed by atoms with Gasteiger partial charge in [0.1, 0.15) is 17.3 Å². The van der Waals surface area contributed by atoms with Gasteiger partial charge in [0.05, 0.1) is 21.7 Å². The number of benzene rings is 1. The third-order valence-corrected chi connectivity index (χ3v) is 5.55. The van der Waals surface area contributed by atoms with E-state index in [-0.39, 0.29) is 17.0 Å². The second-order valence-corrected chi connectivity index (χ2v) is 7.88. The highest BCUT2D eigenvalue weighted by atomic mass is 32.2. The molecule has 3 rings (SSSR count). The van der Waals surface area contributed by atoms with Crippen LogP contribution in [-0.2, 0) is 10.8 Å². The highest BCUT2D eigenvalue weighted by molar-refractivity contribution is 7.84. The first-order valence-electron chi connectivity index (χ1n) is 8.72. The van der Waals surface area contributed by atoms with E-state index in [1.807, 2.05) is 19.1 Å². The van der Waals surface area contributed by atoms with Gasteiger partial charge in [0.15, 0.2) is 0 Å². The van der Waals surface area contributed by atoms with Crippen molar-refractivity contribution in [2.75, 3.05) is 18.1 Å². The molecule has 1 N–H and O–H groups in total. The Hall–Kier alpha value is -2.15. The van der Waals surface area contributed by atoms with Crippen LogP contribution in [0.4, 0.5) is 14.9 Å². The smallest absolute Gasteiger partial charge is 0.322 e. The van der Waals surface area contributed by atoms with E-state index >= 15 is 0 Å². The van der Waals surface area contributed by atoms with Crippen LogP contribution >= 0.6 is 0 Å². The molecule has 0 spiro atoms. The van der Waals surface area contributed by atoms with Gasteiger partial charge >= 0.3 is 6.03 Å². The minimum atomic E-state index is -1.41. The Morgan fingerprint density at radius 3 is 2.73 bits per heavy atom. The summed E-state index contributed by atoms with van der Waals surface area (Å²) in [6.45, 7) is 2.50. The molecule has 2 amide bonds. The van der Waals surface area contributed by atoms with Crippen molar-refractivity contribution in [3.8, 4) is 0 Å². The topological polar surface area (TPSA) is 62.6 Å². The first-order chi connectivity index (χ1) is 12.5. The molecule has 2 aromatic rings. The van der Waals surface area contributed by atoms with Crippen LogP contribution in [-0.4, -0.2) is 27.9 Å². The highest BCUT2D eigenvalue weighted by Crippen LogP contribution is 2.32. The van der Waals surface area contributed by atoms with Crippen LogP contribution in [0.25, 0.3) is 0 Å². The van der Waals surface area contributed by atoms with Gasteiger partial charge in [0.25, 0.3) is 0 Å². The Balaban J connectivity index is 1.79. The van der Waals surface area contributed by atoms with E-state index < -0.39 is 16.6 Å². The Kier molecular flexibility index (Phi) is 5.76. The Labute approximate surface area is 155 Å². The fourth-order valence-electron chi connectivity index (χ4n) is 3.29. The number of nitrogens with zero attached hydrogens (tertiary/aromatic N) is 1. The van der Waals surface area contributed by atoms with Crippen LogP contribution in [0, 0.1) is 12.7 Å². The summed E-state index contributed by atoms with van der Waals surface area (Å²) >= 11 is 0. The molecule has 1 aliphatic rings. The molecule has 0 aliphatic carbocycles. The summed E-state index contributed by atoms with van der Waals surface area (Å²) in [4.78, 5) is 14.7. The molecule has 7 heteroatoms. The number of nitrogens with one attached hydrogen (secondary N) is 1. The van der Waals surface area contributed by atoms with Crippen molar-refractivity contribution in [2.45, 2.75) is 43.5 Å². The molecule has 0 saturated carbocycles. The number of hydrogen-bond acceptors (Lipinski definition) is 3. The highest BCUT2D eigenvalue weighted by Gasteiger charge is 2.29. The first kappa shape index (κ1) is 18.6. The molecule has 0 bridgehead atoms. The maximum Gasteiger partial charge on any atom is 0.322 e. The van der Waals surface area contributed by atoms with Crippen molar-refractivity contribution in [2.24, 2.45) is 0 Å². The number of hydrogen-bond donors (Lipinski definition) is 1. The lowest BCUT2D eigenvalue weighted by Crippen LogP contribution is -2.38. The zero-order valence-electron chi connectivity index (χ0n) is 15.0. The number of anilines is 1. The number of aryl methyl sites for hydroxylation is 1. The first-order valence-corrected chi connectivity index (χ1v) is 10.3. The summed E-state index contributed by atoms with van der Waals surface area (Å²) in [5.41, 5.74) is 0.348. The summed E-state index contributed by atoms with van der Waals surface area (Å²) in [6.07, 6.45) is 5.27. The normalized spacial score (nSPS) is 19.0. The van der Waals surface area contributed by atoms with E-state index in [9.17, 15) is 13.4 Å². The fourth-order valence-corrected chi connectivity index (χ4v) is 3.88. The van der Waals surface area contributed by atoms with Crippen LogP contribution < -0.4 is 5.32 Å². The zero-order chi connectivity index (χ0) is 18.7. The number of halogens is 1. The largest absolute Gasteiger partial charge is 0.464 e. The maximum absolute atomic E-state index is 14.0. The lowest BCUT2D eigenvalue weighted by molar-refractivity contribution is 0.178. The summed E-state index contributed by atoms with van der Waals surface area (Å²) in [7, 11) is -1.41. The third-order valence-electron chi connectivity index (χ3n) is 4.60. The summed E-state index contributed by atoms with van der Waals surface area (Å²) in [5, 5.41) is 2.76. The second-order valence-electron chi connectivity index (χ2n) is 6.54. The molecular formula is C19H23FN2O3S. The molecule has 1 aromatic heterocycles. The number of carbonyl (C=O) groups is 1. The van der Waals surface area contributed by atoms with Crippen LogP contribution in [0.2, 0.25) is 0 Å². The van der Waals surface area contributed by atoms with E-state index in [1.165, 1.54) is 18.4 Å². The van der Waals surface area contributed by atoms with Crippen LogP contribution in [0.5, 0.6) is 0 Å². The van der Waals surface area contributed by atoms with E-state index in [4.69, 9.17) is 4.42 Å². The van der Waals surface area contributed by atoms with Gasteiger partial charge < -0.3 is 14.6 Å². The predicted octanol–water partition coefficient (Wildman–Crippen LogP) is 4.61. The van der Waals surface area contributed by atoms with Gasteiger partial charge in [-0.1, -0.05) is 12.8 Å². The Bertz CT molecular complexity index is 821. The molecule has 1 aromatic carbocycles. The molecule has 2 heterocycles. The average Bonchev–Trinajstić information content (AvgIpc) is 2.87. The number of amides is 2. The molecular weight excluding hydrogens is 355 g/mol. The standard InChI is InChI=1S/C19H23FN2O3S/c1-13-7-9-17(25-13)16-6-4-3-5-11-22(16)19(23)21-14-8-10-18(26(2)24)15(20)12-14/h7-10,12,16H,3-6,11H2,1-2H3,(H,21,23)/t16-,26+/m0/s1. The second kappa shape index (κ2) is 8.03. The van der Waals surface area contributed by atoms with Crippen LogP contribution in [0.15, 0.2) is 39.6 Å². The van der Waals surface area contributed by atoms with Gasteiger partial charge in [0.2, 0.25) is 0 Å². The van der Waals surface area contributed by atoms with Crippen molar-refractivity contribution in [3.63, 3.8) is 0 Å². The molecule has 140 valence electrons. The number of rotatable bonds is 3. The molecule has 0 unspecified atom stereocenters. The van der Waals surface area contributed by atoms with Crippen molar-refractivity contribution >= 4 is 22.5 Å². The average molecular weight is 378 g/mol. The van der Waals surface area contributed by atoms with Crippen molar-refractivity contribution in [1.82, 2.24) is 4.90 Å². The lowest BCUT2D eigenvalue weighted by Gasteiger charge is -2.28. The molecule has 1 saturated heterocycles. The van der Waals surface area contributed by atoms with Gasteiger partial charge in [-0.25, -0.2) is 9.18 Å². The molecule has 2 atom stereocenters. The van der Waals surface area contributed by atoms with E-state index in [2.05, 4.69) is 5.32 Å². The van der Waals surface area contributed by atoms with Gasteiger partial charge in [-0.3, -0.25) is 4.21 Å². The van der Waals surface area contributed by atoms with Gasteiger partial charge in [-0.2, -0.15) is 0 Å². The SMILES string of the molecule is Cc1ccc([C@@H]2CCCCCN2C(=O)Nc2ccc([S@@](C)=O)c(F)c2)o1. The Morgan fingerprint density at radius 1 is 1.27 bits per heavy atom. The number of urea groups is 1.